The van der Waals surface area contributed by atoms with Crippen molar-refractivity contribution in [3.63, 3.8) is 0 Å². The molecule has 1 saturated carbocycles. The summed E-state index contributed by atoms with van der Waals surface area (Å²) >= 11 is 1.60. The Bertz CT molecular complexity index is 1460. The second-order valence-electron chi connectivity index (χ2n) is 13.2. The van der Waals surface area contributed by atoms with Crippen LogP contribution in [0, 0.1) is 18.3 Å². The van der Waals surface area contributed by atoms with Gasteiger partial charge in [-0.2, -0.15) is 0 Å². The number of aromatic nitrogens is 2. The fourth-order valence-electron chi connectivity index (χ4n) is 7.11. The van der Waals surface area contributed by atoms with E-state index >= 15 is 0 Å². The van der Waals surface area contributed by atoms with Crippen LogP contribution in [0.3, 0.4) is 0 Å². The van der Waals surface area contributed by atoms with Crippen molar-refractivity contribution in [2.24, 2.45) is 11.3 Å². The highest BCUT2D eigenvalue weighted by molar-refractivity contribution is 7.13. The largest absolute Gasteiger partial charge is 0.472 e. The third-order valence-electron chi connectivity index (χ3n) is 9.66. The van der Waals surface area contributed by atoms with Gasteiger partial charge in [-0.1, -0.05) is 38.1 Å². The van der Waals surface area contributed by atoms with Crippen LogP contribution in [0.5, 0.6) is 5.88 Å². The summed E-state index contributed by atoms with van der Waals surface area (Å²) in [5.74, 6) is -0.502. The maximum Gasteiger partial charge on any atom is 0.254 e. The van der Waals surface area contributed by atoms with E-state index in [1.807, 2.05) is 57.5 Å². The van der Waals surface area contributed by atoms with Gasteiger partial charge < -0.3 is 29.9 Å². The number of aliphatic hydroxyl groups excluding tert-OH is 1. The molecule has 0 unspecified atom stereocenters. The molecule has 3 aromatic rings. The van der Waals surface area contributed by atoms with E-state index in [1.165, 1.54) is 17.7 Å². The number of hydrogen-bond donors (Lipinski definition) is 3. The van der Waals surface area contributed by atoms with Crippen molar-refractivity contribution < 1.29 is 24.0 Å². The normalized spacial score (nSPS) is 23.0. The average Bonchev–Trinajstić information content (AvgIpc) is 3.73. The molecule has 4 heterocycles. The number of nitrogens with zero attached hydrogens (tertiary/aromatic N) is 3. The standard InChI is InChI=1S/C33H43N5O5S/c1-19(2)29(27-14-28(37-43-27)42-25-15-33(16-25)9-11-34-12-10-33)32(41)38-17-24(39)13-26(38)31(40)36-20(3)22-5-7-23(8-6-22)30-21(4)35-18-44-30/h5-8,14,18-20,24-26,29,34,39H,9-13,15-17H2,1-4H3,(H,36,40)/t20-,24+,26-,29+/m0/s1. The van der Waals surface area contributed by atoms with E-state index in [-0.39, 0.29) is 42.8 Å². The molecule has 11 heteroatoms. The summed E-state index contributed by atoms with van der Waals surface area (Å²) in [6.07, 6.45) is 3.89. The molecule has 3 N–H and O–H groups in total. The summed E-state index contributed by atoms with van der Waals surface area (Å²) in [6, 6.07) is 8.73. The van der Waals surface area contributed by atoms with E-state index in [1.54, 1.807) is 17.4 Å². The summed E-state index contributed by atoms with van der Waals surface area (Å²) in [5.41, 5.74) is 5.25. The molecule has 3 aliphatic rings. The lowest BCUT2D eigenvalue weighted by Crippen LogP contribution is -2.49. The number of benzene rings is 1. The van der Waals surface area contributed by atoms with E-state index in [4.69, 9.17) is 9.26 Å². The smallest absolute Gasteiger partial charge is 0.254 e. The molecule has 2 aliphatic heterocycles. The van der Waals surface area contributed by atoms with Gasteiger partial charge in [0.2, 0.25) is 11.8 Å². The number of thiazole rings is 1. The predicted octanol–water partition coefficient (Wildman–Crippen LogP) is 4.60. The highest BCUT2D eigenvalue weighted by atomic mass is 32.1. The molecule has 1 aliphatic carbocycles. The minimum Gasteiger partial charge on any atom is -0.472 e. The number of amides is 2. The van der Waals surface area contributed by atoms with Crippen molar-refractivity contribution in [3.05, 3.63) is 52.9 Å². The van der Waals surface area contributed by atoms with Crippen molar-refractivity contribution in [2.75, 3.05) is 19.6 Å². The van der Waals surface area contributed by atoms with E-state index in [2.05, 4.69) is 20.8 Å². The number of hydrogen-bond acceptors (Lipinski definition) is 9. The molecule has 0 bridgehead atoms. The Kier molecular flexibility index (Phi) is 8.81. The Hall–Kier alpha value is -3.28. The molecule has 10 nitrogen and oxygen atoms in total. The van der Waals surface area contributed by atoms with Gasteiger partial charge in [-0.05, 0) is 80.2 Å². The van der Waals surface area contributed by atoms with Crippen molar-refractivity contribution >= 4 is 23.2 Å². The predicted molar refractivity (Wildman–Crippen MR) is 167 cm³/mol. The number of rotatable bonds is 9. The molecule has 0 radical (unpaired) electrons. The third-order valence-corrected chi connectivity index (χ3v) is 10.6. The lowest BCUT2D eigenvalue weighted by Gasteiger charge is -2.49. The van der Waals surface area contributed by atoms with Crippen LogP contribution in [-0.4, -0.2) is 69.8 Å². The molecule has 1 aromatic carbocycles. The zero-order chi connectivity index (χ0) is 31.0. The molecule has 6 rings (SSSR count). The minimum atomic E-state index is -0.783. The topological polar surface area (TPSA) is 130 Å². The van der Waals surface area contributed by atoms with Gasteiger partial charge in [0.15, 0.2) is 5.76 Å². The van der Waals surface area contributed by atoms with Crippen molar-refractivity contribution in [2.45, 2.75) is 90.0 Å². The number of nitrogens with one attached hydrogen (secondary N) is 2. The zero-order valence-electron chi connectivity index (χ0n) is 25.9. The molecule has 3 fully saturated rings. The lowest BCUT2D eigenvalue weighted by molar-refractivity contribution is -0.141. The number of piperidine rings is 1. The van der Waals surface area contributed by atoms with Crippen molar-refractivity contribution in [3.8, 4) is 16.3 Å². The second-order valence-corrected chi connectivity index (χ2v) is 14.1. The van der Waals surface area contributed by atoms with Crippen molar-refractivity contribution in [1.82, 2.24) is 25.7 Å². The van der Waals surface area contributed by atoms with Gasteiger partial charge in [0, 0.05) is 19.0 Å². The van der Waals surface area contributed by atoms with Gasteiger partial charge in [0.25, 0.3) is 5.88 Å². The summed E-state index contributed by atoms with van der Waals surface area (Å²) in [6.45, 7) is 10.0. The van der Waals surface area contributed by atoms with Gasteiger partial charge in [0.05, 0.1) is 28.2 Å². The highest BCUT2D eigenvalue weighted by Gasteiger charge is 2.47. The summed E-state index contributed by atoms with van der Waals surface area (Å²) < 4.78 is 11.8. The summed E-state index contributed by atoms with van der Waals surface area (Å²) in [7, 11) is 0. The molecule has 1 spiro atoms. The first kappa shape index (κ1) is 30.7. The third kappa shape index (κ3) is 6.27. The van der Waals surface area contributed by atoms with Crippen LogP contribution in [-0.2, 0) is 9.59 Å². The van der Waals surface area contributed by atoms with E-state index in [0.717, 1.165) is 47.6 Å². The van der Waals surface area contributed by atoms with Crippen LogP contribution in [0.1, 0.15) is 81.9 Å². The first-order valence-electron chi connectivity index (χ1n) is 15.8. The van der Waals surface area contributed by atoms with Crippen LogP contribution < -0.4 is 15.4 Å². The Balaban J connectivity index is 1.10. The fraction of sp³-hybridized carbons (Fsp3) is 0.576. The number of aryl methyl sites for hydroxylation is 1. The van der Waals surface area contributed by atoms with E-state index in [0.29, 0.717) is 17.1 Å². The molecule has 4 atom stereocenters. The van der Waals surface area contributed by atoms with E-state index in [9.17, 15) is 14.7 Å². The highest BCUT2D eigenvalue weighted by Crippen LogP contribution is 2.49. The van der Waals surface area contributed by atoms with Crippen molar-refractivity contribution in [1.29, 1.82) is 0 Å². The van der Waals surface area contributed by atoms with Gasteiger partial charge in [-0.3, -0.25) is 9.59 Å². The fourth-order valence-corrected chi connectivity index (χ4v) is 7.93. The second kappa shape index (κ2) is 12.6. The number of carbonyl (C=O) groups is 2. The van der Waals surface area contributed by atoms with Gasteiger partial charge >= 0.3 is 0 Å². The lowest BCUT2D eigenvalue weighted by atomic mass is 9.62. The van der Waals surface area contributed by atoms with Crippen LogP contribution in [0.2, 0.25) is 0 Å². The molecule has 236 valence electrons. The summed E-state index contributed by atoms with van der Waals surface area (Å²) in [5, 5.41) is 21.2. The van der Waals surface area contributed by atoms with Crippen LogP contribution in [0.4, 0.5) is 0 Å². The monoisotopic (exact) mass is 621 g/mol. The first-order valence-corrected chi connectivity index (χ1v) is 16.6. The van der Waals surface area contributed by atoms with E-state index < -0.39 is 18.1 Å². The maximum atomic E-state index is 14.0. The Morgan fingerprint density at radius 1 is 1.18 bits per heavy atom. The number of aliphatic hydroxyl groups is 1. The average molecular weight is 622 g/mol. The molecule has 44 heavy (non-hydrogen) atoms. The summed E-state index contributed by atoms with van der Waals surface area (Å²) in [4.78, 5) is 34.5. The maximum absolute atomic E-state index is 14.0. The van der Waals surface area contributed by atoms with Crippen LogP contribution in [0.15, 0.2) is 40.4 Å². The Labute approximate surface area is 262 Å². The Morgan fingerprint density at radius 2 is 1.91 bits per heavy atom. The quantitative estimate of drug-likeness (QED) is 0.316. The molecule has 2 amide bonds. The SMILES string of the molecule is Cc1ncsc1-c1ccc([C@H](C)NC(=O)[C@@H]2C[C@@H](O)CN2C(=O)[C@@H](c2cc(OC3CC4(CCNCC4)C3)no2)C(C)C)cc1. The molecule has 2 aromatic heterocycles. The first-order chi connectivity index (χ1) is 21.1. The van der Waals surface area contributed by atoms with Crippen LogP contribution in [0.25, 0.3) is 10.4 Å². The number of likely N-dealkylation sites (tertiary alicyclic amines) is 1. The number of ether oxygens (including phenoxy) is 1. The minimum absolute atomic E-state index is 0.0912. The van der Waals surface area contributed by atoms with Gasteiger partial charge in [-0.15, -0.1) is 11.3 Å². The zero-order valence-corrected chi connectivity index (χ0v) is 26.7. The molecular weight excluding hydrogens is 578 g/mol. The molecule has 2 saturated heterocycles. The Morgan fingerprint density at radius 3 is 2.57 bits per heavy atom. The number of carbonyl (C=O) groups excluding carboxylic acids is 2. The number of β-amino-alcohol motifs (C(OH)–C–C–N with tert-alkyl or cyclic N) is 1. The molecular formula is C33H43N5O5S. The van der Waals surface area contributed by atoms with Crippen LogP contribution >= 0.6 is 11.3 Å². The van der Waals surface area contributed by atoms with Gasteiger partial charge in [0.1, 0.15) is 18.1 Å². The van der Waals surface area contributed by atoms with Gasteiger partial charge in [-0.25, -0.2) is 4.98 Å².